The van der Waals surface area contributed by atoms with Gasteiger partial charge in [-0.1, -0.05) is 25.1 Å². The number of thiophene rings is 1. The van der Waals surface area contributed by atoms with Crippen LogP contribution in [0.15, 0.2) is 40.8 Å². The number of nitrogens with zero attached hydrogens (tertiary/aromatic N) is 3. The molecule has 1 aromatic heterocycles. The molecule has 2 aromatic rings. The first kappa shape index (κ1) is 17.1. The molecule has 0 N–H and O–H groups in total. The topological polar surface area (TPSA) is 37.3 Å². The fourth-order valence-electron chi connectivity index (χ4n) is 4.57. The molecule has 0 bridgehead atoms. The lowest BCUT2D eigenvalue weighted by Gasteiger charge is -2.51. The maximum Gasteiger partial charge on any atom is 0.200 e. The summed E-state index contributed by atoms with van der Waals surface area (Å²) >= 11 is 1.76. The third-order valence-corrected chi connectivity index (χ3v) is 7.02. The average molecular weight is 384 g/mol. The molecule has 3 aliphatic heterocycles. The number of piperidine rings is 1. The largest absolute Gasteiger partial charge is 0.493 e. The highest BCUT2D eigenvalue weighted by molar-refractivity contribution is 7.12. The van der Waals surface area contributed by atoms with E-state index in [1.165, 1.54) is 16.2 Å². The number of rotatable bonds is 3. The lowest BCUT2D eigenvalue weighted by atomic mass is 9.91. The van der Waals surface area contributed by atoms with E-state index in [0.29, 0.717) is 0 Å². The van der Waals surface area contributed by atoms with E-state index in [-0.39, 0.29) is 11.8 Å². The van der Waals surface area contributed by atoms with Crippen LogP contribution in [0.4, 0.5) is 0 Å². The number of hydrogen-bond donors (Lipinski definition) is 0. The standard InChI is InChI=1S/C21H25N3O2S/c1-3-23-11-9-21(10-12-23)24-17(14-16(22-24)19-8-5-13-27-19)15-6-4-7-18(25-2)20(15)26-21/h4-8,13,17H,3,9-12,14H2,1-2H3. The highest BCUT2D eigenvalue weighted by atomic mass is 32.1. The Morgan fingerprint density at radius 3 is 2.81 bits per heavy atom. The second kappa shape index (κ2) is 6.53. The van der Waals surface area contributed by atoms with Gasteiger partial charge in [0.25, 0.3) is 0 Å². The zero-order valence-corrected chi connectivity index (χ0v) is 16.7. The number of para-hydroxylation sites is 1. The normalized spacial score (nSPS) is 23.6. The van der Waals surface area contributed by atoms with Gasteiger partial charge in [-0.05, 0) is 24.1 Å². The molecule has 6 heteroatoms. The van der Waals surface area contributed by atoms with Crippen molar-refractivity contribution in [3.63, 3.8) is 0 Å². The molecule has 1 unspecified atom stereocenters. The Labute approximate surface area is 164 Å². The van der Waals surface area contributed by atoms with E-state index >= 15 is 0 Å². The van der Waals surface area contributed by atoms with Crippen LogP contribution >= 0.6 is 11.3 Å². The van der Waals surface area contributed by atoms with E-state index in [1.807, 2.05) is 6.07 Å². The first-order valence-corrected chi connectivity index (χ1v) is 10.6. The predicted molar refractivity (Wildman–Crippen MR) is 108 cm³/mol. The molecule has 0 amide bonds. The van der Waals surface area contributed by atoms with Crippen LogP contribution in [0, 0.1) is 0 Å². The predicted octanol–water partition coefficient (Wildman–Crippen LogP) is 4.11. The fourth-order valence-corrected chi connectivity index (χ4v) is 5.29. The van der Waals surface area contributed by atoms with Gasteiger partial charge in [0.1, 0.15) is 0 Å². The van der Waals surface area contributed by atoms with Crippen molar-refractivity contribution in [2.45, 2.75) is 38.0 Å². The molecule has 4 heterocycles. The van der Waals surface area contributed by atoms with Crippen molar-refractivity contribution in [1.29, 1.82) is 0 Å². The monoisotopic (exact) mass is 383 g/mol. The van der Waals surface area contributed by atoms with Crippen LogP contribution in [0.5, 0.6) is 11.5 Å². The number of ether oxygens (including phenoxy) is 2. The summed E-state index contributed by atoms with van der Waals surface area (Å²) in [6, 6.07) is 10.7. The summed E-state index contributed by atoms with van der Waals surface area (Å²) in [5.74, 6) is 1.74. The van der Waals surface area contributed by atoms with Crippen LogP contribution in [-0.4, -0.2) is 48.1 Å². The number of hydrogen-bond acceptors (Lipinski definition) is 6. The molecule has 3 aliphatic rings. The van der Waals surface area contributed by atoms with E-state index in [9.17, 15) is 0 Å². The van der Waals surface area contributed by atoms with Crippen LogP contribution in [-0.2, 0) is 0 Å². The second-order valence-corrected chi connectivity index (χ2v) is 8.40. The summed E-state index contributed by atoms with van der Waals surface area (Å²) in [6.07, 6.45) is 2.83. The molecule has 1 saturated heterocycles. The van der Waals surface area contributed by atoms with Crippen molar-refractivity contribution in [3.8, 4) is 11.5 Å². The van der Waals surface area contributed by atoms with E-state index < -0.39 is 0 Å². The van der Waals surface area contributed by atoms with Crippen molar-refractivity contribution in [2.24, 2.45) is 5.10 Å². The van der Waals surface area contributed by atoms with Crippen LogP contribution in [0.25, 0.3) is 0 Å². The van der Waals surface area contributed by atoms with Gasteiger partial charge in [-0.2, -0.15) is 5.10 Å². The summed E-state index contributed by atoms with van der Waals surface area (Å²) in [7, 11) is 1.72. The Morgan fingerprint density at radius 2 is 2.11 bits per heavy atom. The molecule has 1 fully saturated rings. The van der Waals surface area contributed by atoms with Gasteiger partial charge in [-0.25, -0.2) is 5.01 Å². The van der Waals surface area contributed by atoms with E-state index in [1.54, 1.807) is 18.4 Å². The summed E-state index contributed by atoms with van der Waals surface area (Å²) in [4.78, 5) is 3.75. The van der Waals surface area contributed by atoms with Gasteiger partial charge in [0.2, 0.25) is 5.72 Å². The number of methoxy groups -OCH3 is 1. The summed E-state index contributed by atoms with van der Waals surface area (Å²) in [5, 5.41) is 9.51. The number of likely N-dealkylation sites (tertiary alicyclic amines) is 1. The summed E-state index contributed by atoms with van der Waals surface area (Å²) in [5.41, 5.74) is 1.98. The van der Waals surface area contributed by atoms with Gasteiger partial charge in [0.05, 0.1) is 23.7 Å². The molecular weight excluding hydrogens is 358 g/mol. The van der Waals surface area contributed by atoms with E-state index in [2.05, 4.69) is 46.5 Å². The molecule has 5 nitrogen and oxygen atoms in total. The molecule has 1 spiro atoms. The first-order valence-electron chi connectivity index (χ1n) is 9.73. The minimum atomic E-state index is -0.378. The van der Waals surface area contributed by atoms with Crippen LogP contribution in [0.3, 0.4) is 0 Å². The molecule has 5 rings (SSSR count). The van der Waals surface area contributed by atoms with Gasteiger partial charge >= 0.3 is 0 Å². The highest BCUT2D eigenvalue weighted by Gasteiger charge is 2.52. The molecule has 0 aliphatic carbocycles. The van der Waals surface area contributed by atoms with Crippen molar-refractivity contribution in [2.75, 3.05) is 26.7 Å². The Bertz CT molecular complexity index is 856. The molecule has 1 atom stereocenters. The second-order valence-electron chi connectivity index (χ2n) is 7.45. The van der Waals surface area contributed by atoms with Crippen LogP contribution in [0.2, 0.25) is 0 Å². The van der Waals surface area contributed by atoms with E-state index in [0.717, 1.165) is 50.4 Å². The van der Waals surface area contributed by atoms with Crippen LogP contribution in [0.1, 0.15) is 42.7 Å². The Kier molecular flexibility index (Phi) is 4.13. The molecule has 1 aromatic carbocycles. The lowest BCUT2D eigenvalue weighted by molar-refractivity contribution is -0.150. The number of fused-ring (bicyclic) bond motifs is 4. The van der Waals surface area contributed by atoms with Crippen molar-refractivity contribution in [3.05, 3.63) is 46.2 Å². The molecule has 27 heavy (non-hydrogen) atoms. The maximum absolute atomic E-state index is 6.73. The molecule has 0 saturated carbocycles. The van der Waals surface area contributed by atoms with E-state index in [4.69, 9.17) is 14.6 Å². The molecular formula is C21H25N3O2S. The molecule has 142 valence electrons. The fraction of sp³-hybridized carbons (Fsp3) is 0.476. The zero-order chi connectivity index (χ0) is 18.4. The highest BCUT2D eigenvalue weighted by Crippen LogP contribution is 2.52. The minimum Gasteiger partial charge on any atom is -0.493 e. The Morgan fingerprint density at radius 1 is 1.26 bits per heavy atom. The van der Waals surface area contributed by atoms with Gasteiger partial charge in [-0.15, -0.1) is 11.3 Å². The van der Waals surface area contributed by atoms with Gasteiger partial charge in [0.15, 0.2) is 11.5 Å². The van der Waals surface area contributed by atoms with Gasteiger partial charge in [-0.3, -0.25) is 0 Å². The average Bonchev–Trinajstić information content (AvgIpc) is 3.38. The number of hydrazone groups is 1. The Balaban J connectivity index is 1.59. The maximum atomic E-state index is 6.73. The molecule has 0 radical (unpaired) electrons. The van der Waals surface area contributed by atoms with Crippen LogP contribution < -0.4 is 9.47 Å². The SMILES string of the molecule is CCN1CCC2(CC1)Oc1c(OC)cccc1C1CC(c3cccs3)=NN12. The first-order chi connectivity index (χ1) is 13.2. The van der Waals surface area contributed by atoms with Crippen molar-refractivity contribution >= 4 is 17.0 Å². The quantitative estimate of drug-likeness (QED) is 0.799. The zero-order valence-electron chi connectivity index (χ0n) is 15.9. The Hall–Kier alpha value is -2.05. The minimum absolute atomic E-state index is 0.217. The third kappa shape index (κ3) is 2.65. The summed E-state index contributed by atoms with van der Waals surface area (Å²) < 4.78 is 12.4. The smallest absolute Gasteiger partial charge is 0.200 e. The van der Waals surface area contributed by atoms with Gasteiger partial charge in [0, 0.05) is 37.9 Å². The summed E-state index contributed by atoms with van der Waals surface area (Å²) in [6.45, 7) is 5.38. The third-order valence-electron chi connectivity index (χ3n) is 6.10. The van der Waals surface area contributed by atoms with Gasteiger partial charge < -0.3 is 14.4 Å². The number of benzene rings is 1. The van der Waals surface area contributed by atoms with Crippen molar-refractivity contribution < 1.29 is 9.47 Å². The lowest BCUT2D eigenvalue weighted by Crippen LogP contribution is -2.59. The van der Waals surface area contributed by atoms with Crippen molar-refractivity contribution in [1.82, 2.24) is 9.91 Å².